The van der Waals surface area contributed by atoms with E-state index in [-0.39, 0.29) is 5.75 Å². The van der Waals surface area contributed by atoms with Gasteiger partial charge in [0.05, 0.1) is 5.71 Å². The van der Waals surface area contributed by atoms with Gasteiger partial charge in [0.2, 0.25) is 0 Å². The van der Waals surface area contributed by atoms with Crippen LogP contribution in [0.25, 0.3) is 17.8 Å². The van der Waals surface area contributed by atoms with E-state index in [1.807, 2.05) is 25.3 Å². The molecule has 2 aliphatic heterocycles. The highest BCUT2D eigenvalue weighted by atomic mass is 16.3. The molecule has 0 spiro atoms. The fourth-order valence-electron chi connectivity index (χ4n) is 3.87. The van der Waals surface area contributed by atoms with Gasteiger partial charge in [0.25, 0.3) is 0 Å². The van der Waals surface area contributed by atoms with Gasteiger partial charge in [-0.3, -0.25) is 0 Å². The summed E-state index contributed by atoms with van der Waals surface area (Å²) in [6.45, 7) is 11.6. The minimum Gasteiger partial charge on any atom is -0.507 e. The Kier molecular flexibility index (Phi) is 6.61. The first-order valence-corrected chi connectivity index (χ1v) is 10.9. The third-order valence-electron chi connectivity index (χ3n) is 5.80. The maximum absolute atomic E-state index is 10.8. The van der Waals surface area contributed by atoms with Crippen molar-refractivity contribution in [3.05, 3.63) is 59.7 Å². The average Bonchev–Trinajstić information content (AvgIpc) is 3.17. The van der Waals surface area contributed by atoms with Gasteiger partial charge in [-0.15, -0.1) is 10.2 Å². The first-order chi connectivity index (χ1) is 15.6. The number of amidine groups is 1. The van der Waals surface area contributed by atoms with E-state index in [1.54, 1.807) is 23.2 Å². The smallest absolute Gasteiger partial charge is 0.155 e. The molecule has 1 saturated heterocycles. The van der Waals surface area contributed by atoms with Gasteiger partial charge in [-0.05, 0) is 55.2 Å². The fraction of sp³-hybridized carbons (Fsp3) is 0.333. The molecule has 3 heterocycles. The summed E-state index contributed by atoms with van der Waals surface area (Å²) in [5.41, 5.74) is 4.39. The second-order valence-electron chi connectivity index (χ2n) is 7.86. The summed E-state index contributed by atoms with van der Waals surface area (Å²) in [7, 11) is 0. The quantitative estimate of drug-likeness (QED) is 0.430. The molecule has 0 unspecified atom stereocenters. The van der Waals surface area contributed by atoms with Gasteiger partial charge >= 0.3 is 0 Å². The lowest BCUT2D eigenvalue weighted by molar-refractivity contribution is 0.355. The van der Waals surface area contributed by atoms with Gasteiger partial charge in [-0.2, -0.15) is 5.10 Å². The summed E-state index contributed by atoms with van der Waals surface area (Å²) in [5, 5.41) is 27.2. The molecule has 0 radical (unpaired) electrons. The summed E-state index contributed by atoms with van der Waals surface area (Å²) >= 11 is 0. The number of rotatable bonds is 5. The molecule has 1 fully saturated rings. The normalized spacial score (nSPS) is 17.4. The maximum Gasteiger partial charge on any atom is 0.155 e. The minimum absolute atomic E-state index is 0.141. The van der Waals surface area contributed by atoms with E-state index in [2.05, 4.69) is 50.1 Å². The third-order valence-corrected chi connectivity index (χ3v) is 5.80. The molecule has 8 nitrogen and oxygen atoms in total. The monoisotopic (exact) mass is 431 g/mol. The summed E-state index contributed by atoms with van der Waals surface area (Å²) in [6.07, 6.45) is 8.91. The number of benzene rings is 1. The number of piperazine rings is 1. The van der Waals surface area contributed by atoms with Crippen LogP contribution >= 0.6 is 0 Å². The Morgan fingerprint density at radius 2 is 2.09 bits per heavy atom. The van der Waals surface area contributed by atoms with Gasteiger partial charge in [0.1, 0.15) is 17.9 Å². The molecule has 0 amide bonds. The van der Waals surface area contributed by atoms with Crippen molar-refractivity contribution in [2.75, 3.05) is 26.2 Å². The van der Waals surface area contributed by atoms with E-state index in [0.29, 0.717) is 11.3 Å². The summed E-state index contributed by atoms with van der Waals surface area (Å²) in [6, 6.07) is 5.62. The Morgan fingerprint density at radius 3 is 2.81 bits per heavy atom. The number of nitrogens with zero attached hydrogens (tertiary/aromatic N) is 6. The van der Waals surface area contributed by atoms with Crippen LogP contribution in [0.1, 0.15) is 43.6 Å². The molecule has 1 aromatic carbocycles. The van der Waals surface area contributed by atoms with Crippen LogP contribution in [-0.2, 0) is 0 Å². The van der Waals surface area contributed by atoms with Crippen molar-refractivity contribution >= 4 is 29.4 Å². The Balaban J connectivity index is 1.61. The lowest BCUT2D eigenvalue weighted by Gasteiger charge is -2.28. The first kappa shape index (κ1) is 21.7. The second kappa shape index (κ2) is 9.74. The third kappa shape index (κ3) is 4.70. The number of fused-ring (bicyclic) bond motifs is 1. The number of hydrogen-bond donors (Lipinski definition) is 2. The number of aromatic hydroxyl groups is 1. The molecular weight excluding hydrogens is 402 g/mol. The van der Waals surface area contributed by atoms with E-state index in [4.69, 9.17) is 0 Å². The van der Waals surface area contributed by atoms with E-state index in [1.165, 1.54) is 5.57 Å². The van der Waals surface area contributed by atoms with Crippen LogP contribution in [0, 0.1) is 0 Å². The molecule has 0 aliphatic carbocycles. The van der Waals surface area contributed by atoms with E-state index < -0.39 is 0 Å². The van der Waals surface area contributed by atoms with Crippen molar-refractivity contribution < 1.29 is 5.11 Å². The highest BCUT2D eigenvalue weighted by Crippen LogP contribution is 2.32. The Hall–Kier alpha value is -3.52. The number of nitrogens with one attached hydrogen (secondary N) is 1. The molecule has 0 atom stereocenters. The lowest BCUT2D eigenvalue weighted by atomic mass is 9.96. The first-order valence-electron chi connectivity index (χ1n) is 10.9. The average molecular weight is 432 g/mol. The van der Waals surface area contributed by atoms with Crippen LogP contribution < -0.4 is 5.32 Å². The Morgan fingerprint density at radius 1 is 1.28 bits per heavy atom. The highest BCUT2D eigenvalue weighted by Gasteiger charge is 2.15. The largest absolute Gasteiger partial charge is 0.507 e. The van der Waals surface area contributed by atoms with Crippen LogP contribution in [0.3, 0.4) is 0 Å². The fourth-order valence-corrected chi connectivity index (χ4v) is 3.87. The standard InChI is InChI=1S/C24H29N7O/c1-4-18-12-20(15-31-24(13-18)26-16-27-31)19-6-7-21(23(32)14-19)22(5-2)29-28-17(3)30-10-8-25-9-11-30/h5-7,13-16,25,32H,2,4,8-12H2,1,3H3/b28-17+,29-22+. The van der Waals surface area contributed by atoms with E-state index >= 15 is 0 Å². The van der Waals surface area contributed by atoms with Crippen LogP contribution in [0.5, 0.6) is 5.75 Å². The molecular formula is C24H29N7O. The van der Waals surface area contributed by atoms with E-state index in [9.17, 15) is 5.11 Å². The number of allylic oxidation sites excluding steroid dienone is 3. The number of aromatic nitrogens is 3. The molecule has 0 bridgehead atoms. The summed E-state index contributed by atoms with van der Waals surface area (Å²) in [4.78, 5) is 6.51. The van der Waals surface area contributed by atoms with Gasteiger partial charge in [-0.25, -0.2) is 9.67 Å². The number of hydrogen-bond acceptors (Lipinski definition) is 6. The van der Waals surface area contributed by atoms with Crippen molar-refractivity contribution in [2.45, 2.75) is 26.7 Å². The molecule has 166 valence electrons. The molecule has 0 saturated carbocycles. The lowest BCUT2D eigenvalue weighted by Crippen LogP contribution is -2.45. The molecule has 1 aromatic heterocycles. The molecule has 2 aromatic rings. The predicted molar refractivity (Wildman–Crippen MR) is 129 cm³/mol. The van der Waals surface area contributed by atoms with Crippen LogP contribution in [-0.4, -0.2) is 62.5 Å². The summed E-state index contributed by atoms with van der Waals surface area (Å²) in [5.74, 6) is 1.81. The van der Waals surface area contributed by atoms with Gasteiger partial charge < -0.3 is 15.3 Å². The van der Waals surface area contributed by atoms with Crippen molar-refractivity contribution in [2.24, 2.45) is 10.2 Å². The maximum atomic E-state index is 10.8. The Bertz CT molecular complexity index is 1120. The topological polar surface area (TPSA) is 90.9 Å². The van der Waals surface area contributed by atoms with Crippen molar-refractivity contribution in [3.8, 4) is 5.75 Å². The van der Waals surface area contributed by atoms with Gasteiger partial charge in [0.15, 0.2) is 5.82 Å². The van der Waals surface area contributed by atoms with Crippen LogP contribution in [0.2, 0.25) is 0 Å². The summed E-state index contributed by atoms with van der Waals surface area (Å²) < 4.78 is 1.77. The van der Waals surface area contributed by atoms with Crippen molar-refractivity contribution in [1.29, 1.82) is 0 Å². The van der Waals surface area contributed by atoms with Crippen LogP contribution in [0.15, 0.2) is 53.0 Å². The zero-order valence-corrected chi connectivity index (χ0v) is 18.6. The minimum atomic E-state index is 0.141. The molecule has 2 aliphatic rings. The zero-order valence-electron chi connectivity index (χ0n) is 18.6. The predicted octanol–water partition coefficient (Wildman–Crippen LogP) is 3.39. The molecule has 4 rings (SSSR count). The zero-order chi connectivity index (χ0) is 22.5. The van der Waals surface area contributed by atoms with Crippen molar-refractivity contribution in [3.63, 3.8) is 0 Å². The SMILES string of the molecule is C=C/C(=N\N=C(/C)N1CCNCC1)c1ccc(C2=Cn3ncnc3C=C(CC)C2)cc1O. The Labute approximate surface area is 188 Å². The van der Waals surface area contributed by atoms with Gasteiger partial charge in [0, 0.05) is 37.9 Å². The van der Waals surface area contributed by atoms with Gasteiger partial charge in [-0.1, -0.05) is 25.1 Å². The highest BCUT2D eigenvalue weighted by molar-refractivity contribution is 6.10. The molecule has 32 heavy (non-hydrogen) atoms. The molecule has 2 N–H and O–H groups in total. The van der Waals surface area contributed by atoms with Crippen LogP contribution in [0.4, 0.5) is 0 Å². The number of phenols is 1. The number of phenolic OH excluding ortho intramolecular Hbond substituents is 1. The van der Waals surface area contributed by atoms with Crippen molar-refractivity contribution in [1.82, 2.24) is 25.0 Å². The molecule has 8 heteroatoms. The van der Waals surface area contributed by atoms with E-state index in [0.717, 1.165) is 61.8 Å². The second-order valence-corrected chi connectivity index (χ2v) is 7.86.